The highest BCUT2D eigenvalue weighted by Crippen LogP contribution is 2.49. The maximum atomic E-state index is 11.3. The van der Waals surface area contributed by atoms with Crippen LogP contribution in [0.1, 0.15) is 6.92 Å². The molecule has 0 aromatic rings. The number of hydrogen-bond donors (Lipinski definition) is 0. The van der Waals surface area contributed by atoms with Crippen molar-refractivity contribution in [3.63, 3.8) is 0 Å². The van der Waals surface area contributed by atoms with Gasteiger partial charge in [-0.1, -0.05) is 0 Å². The summed E-state index contributed by atoms with van der Waals surface area (Å²) >= 11 is 1.45. The summed E-state index contributed by atoms with van der Waals surface area (Å²) in [5, 5.41) is 1.71. The van der Waals surface area contributed by atoms with E-state index in [-0.39, 0.29) is 0 Å². The Bertz CT molecular complexity index is 196. The van der Waals surface area contributed by atoms with Gasteiger partial charge in [0.2, 0.25) is 0 Å². The van der Waals surface area contributed by atoms with Gasteiger partial charge in [-0.05, 0) is 13.2 Å². The molecule has 0 N–H and O–H groups in total. The van der Waals surface area contributed by atoms with Gasteiger partial charge in [0.25, 0.3) is 0 Å². The molecule has 0 atom stereocenters. The zero-order chi connectivity index (χ0) is 9.61. The number of allylic oxidation sites excluding steroid dienone is 1. The van der Waals surface area contributed by atoms with Crippen molar-refractivity contribution in [1.82, 2.24) is 0 Å². The Labute approximate surface area is 76.9 Å². The van der Waals surface area contributed by atoms with Gasteiger partial charge >= 0.3 is 7.82 Å². The monoisotopic (exact) mass is 212 g/mol. The summed E-state index contributed by atoms with van der Waals surface area (Å²) in [6, 6.07) is 0. The summed E-state index contributed by atoms with van der Waals surface area (Å²) in [5.74, 6) is 0.509. The van der Waals surface area contributed by atoms with Crippen LogP contribution in [0.3, 0.4) is 0 Å². The lowest BCUT2D eigenvalue weighted by atomic mass is 10.7. The van der Waals surface area contributed by atoms with Crippen molar-refractivity contribution >= 4 is 19.6 Å². The molecule has 0 aromatic carbocycles. The van der Waals surface area contributed by atoms with Crippen LogP contribution in [0, 0.1) is 0 Å². The Hall–Kier alpha value is 0.0400. The number of hydrogen-bond acceptors (Lipinski definition) is 5. The summed E-state index contributed by atoms with van der Waals surface area (Å²) in [5.41, 5.74) is 0. The molecule has 0 rings (SSSR count). The first-order valence-corrected chi connectivity index (χ1v) is 5.93. The molecule has 0 unspecified atom stereocenters. The highest BCUT2D eigenvalue weighted by molar-refractivity contribution is 8.01. The summed E-state index contributed by atoms with van der Waals surface area (Å²) in [6.45, 7) is 1.68. The van der Waals surface area contributed by atoms with Crippen molar-refractivity contribution in [3.05, 3.63) is 11.2 Å². The maximum Gasteiger partial charge on any atom is 0.529 e. The first kappa shape index (κ1) is 12.0. The highest BCUT2D eigenvalue weighted by atomic mass is 32.2. The normalized spacial score (nSPS) is 13.2. The SMILES string of the molecule is COP(=O)(OC)OC(C)=CSC. The average Bonchev–Trinajstić information content (AvgIpc) is 2.05. The minimum atomic E-state index is -3.35. The summed E-state index contributed by atoms with van der Waals surface area (Å²) in [7, 11) is -0.800. The molecule has 6 heteroatoms. The molecule has 0 spiro atoms. The van der Waals surface area contributed by atoms with E-state index in [9.17, 15) is 4.57 Å². The first-order valence-electron chi connectivity index (χ1n) is 3.18. The van der Waals surface area contributed by atoms with Crippen LogP contribution in [0.15, 0.2) is 11.2 Å². The second-order valence-electron chi connectivity index (χ2n) is 1.87. The van der Waals surface area contributed by atoms with Gasteiger partial charge in [-0.15, -0.1) is 11.8 Å². The van der Waals surface area contributed by atoms with Crippen LogP contribution in [0.4, 0.5) is 0 Å². The van der Waals surface area contributed by atoms with E-state index in [1.165, 1.54) is 26.0 Å². The van der Waals surface area contributed by atoms with Crippen LogP contribution in [0.25, 0.3) is 0 Å². The van der Waals surface area contributed by atoms with Crippen molar-refractivity contribution in [2.24, 2.45) is 0 Å². The largest absolute Gasteiger partial charge is 0.529 e. The fourth-order valence-corrected chi connectivity index (χ4v) is 1.67. The molecule has 0 aliphatic carbocycles. The molecular formula is C6H13O4PS. The van der Waals surface area contributed by atoms with Crippen LogP contribution in [-0.2, 0) is 18.1 Å². The summed E-state index contributed by atoms with van der Waals surface area (Å²) in [6.07, 6.45) is 1.87. The number of phosphoric ester groups is 1. The van der Waals surface area contributed by atoms with Gasteiger partial charge < -0.3 is 4.52 Å². The van der Waals surface area contributed by atoms with E-state index < -0.39 is 7.82 Å². The minimum Gasteiger partial charge on any atom is -0.408 e. The number of thioether (sulfide) groups is 1. The van der Waals surface area contributed by atoms with E-state index in [1.54, 1.807) is 12.3 Å². The smallest absolute Gasteiger partial charge is 0.408 e. The molecule has 0 radical (unpaired) electrons. The lowest BCUT2D eigenvalue weighted by Crippen LogP contribution is -1.92. The molecule has 0 saturated carbocycles. The van der Waals surface area contributed by atoms with Crippen LogP contribution in [0.2, 0.25) is 0 Å². The Balaban J connectivity index is 4.22. The topological polar surface area (TPSA) is 44.8 Å². The lowest BCUT2D eigenvalue weighted by Gasteiger charge is -2.13. The molecule has 0 aliphatic rings. The van der Waals surface area contributed by atoms with Gasteiger partial charge in [0.1, 0.15) is 5.76 Å². The van der Waals surface area contributed by atoms with Crippen molar-refractivity contribution in [2.45, 2.75) is 6.92 Å². The number of rotatable bonds is 5. The predicted octanol–water partition coefficient (Wildman–Crippen LogP) is 2.63. The highest BCUT2D eigenvalue weighted by Gasteiger charge is 2.23. The van der Waals surface area contributed by atoms with Gasteiger partial charge in [0.05, 0.1) is 0 Å². The third-order valence-corrected chi connectivity index (χ3v) is 2.96. The Morgan fingerprint density at radius 3 is 2.25 bits per heavy atom. The molecule has 0 bridgehead atoms. The second kappa shape index (κ2) is 5.65. The van der Waals surface area contributed by atoms with E-state index in [4.69, 9.17) is 4.52 Å². The molecule has 4 nitrogen and oxygen atoms in total. The van der Waals surface area contributed by atoms with Crippen molar-refractivity contribution < 1.29 is 18.1 Å². The quantitative estimate of drug-likeness (QED) is 0.517. The summed E-state index contributed by atoms with van der Waals surface area (Å²) in [4.78, 5) is 0. The van der Waals surface area contributed by atoms with Gasteiger partial charge in [-0.3, -0.25) is 9.05 Å². The maximum absolute atomic E-state index is 11.3. The Morgan fingerprint density at radius 1 is 1.42 bits per heavy atom. The Kier molecular flexibility index (Phi) is 5.66. The zero-order valence-corrected chi connectivity index (χ0v) is 9.28. The van der Waals surface area contributed by atoms with Crippen LogP contribution in [-0.4, -0.2) is 20.5 Å². The molecular weight excluding hydrogens is 199 g/mol. The van der Waals surface area contributed by atoms with Gasteiger partial charge in [0.15, 0.2) is 0 Å². The molecule has 0 amide bonds. The van der Waals surface area contributed by atoms with Gasteiger partial charge in [-0.2, -0.15) is 0 Å². The fraction of sp³-hybridized carbons (Fsp3) is 0.667. The van der Waals surface area contributed by atoms with E-state index in [0.717, 1.165) is 0 Å². The van der Waals surface area contributed by atoms with Crippen molar-refractivity contribution in [3.8, 4) is 0 Å². The van der Waals surface area contributed by atoms with Gasteiger partial charge in [-0.25, -0.2) is 4.57 Å². The number of phosphoric acid groups is 1. The summed E-state index contributed by atoms with van der Waals surface area (Å²) < 4.78 is 25.4. The molecule has 0 fully saturated rings. The average molecular weight is 212 g/mol. The van der Waals surface area contributed by atoms with E-state index in [1.807, 2.05) is 6.26 Å². The zero-order valence-electron chi connectivity index (χ0n) is 7.57. The second-order valence-corrected chi connectivity index (χ2v) is 4.38. The molecule has 12 heavy (non-hydrogen) atoms. The molecule has 72 valence electrons. The molecule has 0 aliphatic heterocycles. The van der Waals surface area contributed by atoms with Crippen LogP contribution < -0.4 is 0 Å². The van der Waals surface area contributed by atoms with Crippen LogP contribution >= 0.6 is 19.6 Å². The molecule has 0 aromatic heterocycles. The fourth-order valence-electron chi connectivity index (χ4n) is 0.513. The third-order valence-electron chi connectivity index (χ3n) is 0.987. The van der Waals surface area contributed by atoms with Gasteiger partial charge in [0, 0.05) is 19.6 Å². The van der Waals surface area contributed by atoms with E-state index >= 15 is 0 Å². The minimum absolute atomic E-state index is 0.509. The van der Waals surface area contributed by atoms with E-state index in [0.29, 0.717) is 5.76 Å². The Morgan fingerprint density at radius 2 is 1.92 bits per heavy atom. The standard InChI is InChI=1S/C6H13O4PS/c1-6(5-12-4)10-11(7,8-2)9-3/h5H,1-4H3. The predicted molar refractivity (Wildman–Crippen MR) is 50.0 cm³/mol. The van der Waals surface area contributed by atoms with E-state index in [2.05, 4.69) is 9.05 Å². The third kappa shape index (κ3) is 4.16. The first-order chi connectivity index (χ1) is 5.58. The van der Waals surface area contributed by atoms with Crippen molar-refractivity contribution in [1.29, 1.82) is 0 Å². The van der Waals surface area contributed by atoms with Crippen LogP contribution in [0.5, 0.6) is 0 Å². The molecule has 0 saturated heterocycles. The lowest BCUT2D eigenvalue weighted by molar-refractivity contribution is 0.184. The van der Waals surface area contributed by atoms with Crippen molar-refractivity contribution in [2.75, 3.05) is 20.5 Å². The molecule has 0 heterocycles.